The number of nitrogens with two attached hydrogens (primary N) is 3. The van der Waals surface area contributed by atoms with E-state index >= 15 is 0 Å². The van der Waals surface area contributed by atoms with Gasteiger partial charge in [-0.25, -0.2) is 0 Å². The van der Waals surface area contributed by atoms with E-state index in [4.69, 9.17) is 17.2 Å². The van der Waals surface area contributed by atoms with Crippen LogP contribution in [0.2, 0.25) is 0 Å². The first-order chi connectivity index (χ1) is 3.72. The van der Waals surface area contributed by atoms with Crippen molar-refractivity contribution in [1.29, 1.82) is 0 Å². The van der Waals surface area contributed by atoms with Gasteiger partial charge < -0.3 is 17.2 Å². The van der Waals surface area contributed by atoms with Crippen LogP contribution in [0.25, 0.3) is 0 Å². The summed E-state index contributed by atoms with van der Waals surface area (Å²) in [5, 5.41) is 0. The first-order valence-corrected chi connectivity index (χ1v) is 2.93. The lowest BCUT2D eigenvalue weighted by Crippen LogP contribution is -2.45. The van der Waals surface area contributed by atoms with Crippen LogP contribution in [-0.4, -0.2) is 18.6 Å². The van der Waals surface area contributed by atoms with Crippen molar-refractivity contribution in [2.75, 3.05) is 6.54 Å². The van der Waals surface area contributed by atoms with Crippen LogP contribution in [0.3, 0.4) is 0 Å². The normalized spacial score (nSPS) is 18.0. The molecule has 0 bridgehead atoms. The molecular weight excluding hydrogens is 102 g/mol. The molecule has 0 aliphatic carbocycles. The van der Waals surface area contributed by atoms with E-state index in [1.165, 1.54) is 0 Å². The summed E-state index contributed by atoms with van der Waals surface area (Å²) in [6.07, 6.45) is 0.901. The van der Waals surface area contributed by atoms with Gasteiger partial charge in [0.25, 0.3) is 0 Å². The molecule has 0 amide bonds. The minimum absolute atomic E-state index is 0.0278. The topological polar surface area (TPSA) is 78.1 Å². The zero-order valence-electron chi connectivity index (χ0n) is 5.30. The Morgan fingerprint density at radius 3 is 1.88 bits per heavy atom. The Balaban J connectivity index is 3.29. The molecule has 0 rings (SSSR count). The molecule has 0 heterocycles. The summed E-state index contributed by atoms with van der Waals surface area (Å²) in [5.74, 6) is 0. The Morgan fingerprint density at radius 2 is 1.75 bits per heavy atom. The summed E-state index contributed by atoms with van der Waals surface area (Å²) in [6, 6.07) is 0.0417. The summed E-state index contributed by atoms with van der Waals surface area (Å²) in [6.45, 7) is 2.48. The third-order valence-corrected chi connectivity index (χ3v) is 1.29. The fraction of sp³-hybridized carbons (Fsp3) is 1.00. The summed E-state index contributed by atoms with van der Waals surface area (Å²) in [5.41, 5.74) is 16.2. The van der Waals surface area contributed by atoms with Gasteiger partial charge in [-0.3, -0.25) is 0 Å². The molecule has 0 aliphatic rings. The van der Waals surface area contributed by atoms with Crippen molar-refractivity contribution < 1.29 is 0 Å². The van der Waals surface area contributed by atoms with Gasteiger partial charge in [0, 0.05) is 18.6 Å². The zero-order valence-corrected chi connectivity index (χ0v) is 5.30. The van der Waals surface area contributed by atoms with Gasteiger partial charge in [0.2, 0.25) is 0 Å². The highest BCUT2D eigenvalue weighted by molar-refractivity contribution is 4.74. The maximum Gasteiger partial charge on any atom is 0.0316 e. The van der Waals surface area contributed by atoms with E-state index in [0.717, 1.165) is 6.42 Å². The van der Waals surface area contributed by atoms with Crippen LogP contribution in [0, 0.1) is 0 Å². The molecule has 0 saturated carbocycles. The molecule has 0 saturated heterocycles. The molecule has 0 aromatic carbocycles. The first-order valence-electron chi connectivity index (χ1n) is 2.93. The smallest absolute Gasteiger partial charge is 0.0316 e. The second kappa shape index (κ2) is 3.83. The highest BCUT2D eigenvalue weighted by Gasteiger charge is 2.06. The first kappa shape index (κ1) is 7.88. The van der Waals surface area contributed by atoms with Crippen LogP contribution < -0.4 is 17.2 Å². The second-order valence-corrected chi connectivity index (χ2v) is 1.97. The quantitative estimate of drug-likeness (QED) is 0.444. The molecule has 0 fully saturated rings. The van der Waals surface area contributed by atoms with E-state index in [-0.39, 0.29) is 12.1 Å². The summed E-state index contributed by atoms with van der Waals surface area (Å²) >= 11 is 0. The van der Waals surface area contributed by atoms with Crippen molar-refractivity contribution in [2.45, 2.75) is 25.4 Å². The standard InChI is InChI=1S/C5H15N3/c1-2-4(7)5(8)3-6/h4-5H,2-3,6-8H2,1H3. The summed E-state index contributed by atoms with van der Waals surface area (Å²) in [4.78, 5) is 0. The molecule has 2 unspecified atom stereocenters. The fourth-order valence-electron chi connectivity index (χ4n) is 0.478. The van der Waals surface area contributed by atoms with E-state index in [1.807, 2.05) is 6.92 Å². The van der Waals surface area contributed by atoms with Gasteiger partial charge in [-0.2, -0.15) is 0 Å². The van der Waals surface area contributed by atoms with Gasteiger partial charge in [0.1, 0.15) is 0 Å². The van der Waals surface area contributed by atoms with E-state index < -0.39 is 0 Å². The third-order valence-electron chi connectivity index (χ3n) is 1.29. The maximum atomic E-state index is 5.52. The molecule has 0 spiro atoms. The van der Waals surface area contributed by atoms with Crippen molar-refractivity contribution in [2.24, 2.45) is 17.2 Å². The Hall–Kier alpha value is -0.120. The van der Waals surface area contributed by atoms with Crippen LogP contribution in [0.5, 0.6) is 0 Å². The van der Waals surface area contributed by atoms with E-state index in [1.54, 1.807) is 0 Å². The van der Waals surface area contributed by atoms with Gasteiger partial charge >= 0.3 is 0 Å². The molecule has 0 aromatic heterocycles. The average Bonchev–Trinajstić information content (AvgIpc) is 1.84. The van der Waals surface area contributed by atoms with Crippen LogP contribution >= 0.6 is 0 Å². The van der Waals surface area contributed by atoms with Crippen LogP contribution in [-0.2, 0) is 0 Å². The lowest BCUT2D eigenvalue weighted by atomic mass is 10.1. The van der Waals surface area contributed by atoms with E-state index in [2.05, 4.69) is 0 Å². The van der Waals surface area contributed by atoms with Crippen molar-refractivity contribution in [1.82, 2.24) is 0 Å². The Bertz CT molecular complexity index is 47.6. The predicted molar refractivity (Wildman–Crippen MR) is 35.3 cm³/mol. The Labute approximate surface area is 50.2 Å². The van der Waals surface area contributed by atoms with Gasteiger partial charge in [0.15, 0.2) is 0 Å². The highest BCUT2D eigenvalue weighted by Crippen LogP contribution is 1.88. The number of hydrogen-bond acceptors (Lipinski definition) is 3. The average molecular weight is 117 g/mol. The zero-order chi connectivity index (χ0) is 6.57. The largest absolute Gasteiger partial charge is 0.329 e. The molecule has 8 heavy (non-hydrogen) atoms. The summed E-state index contributed by atoms with van der Waals surface area (Å²) in [7, 11) is 0. The molecular formula is C5H15N3. The summed E-state index contributed by atoms with van der Waals surface area (Å²) < 4.78 is 0. The van der Waals surface area contributed by atoms with Crippen LogP contribution in [0.4, 0.5) is 0 Å². The van der Waals surface area contributed by atoms with Gasteiger partial charge in [-0.15, -0.1) is 0 Å². The van der Waals surface area contributed by atoms with Crippen LogP contribution in [0.15, 0.2) is 0 Å². The predicted octanol–water partition coefficient (Wildman–Crippen LogP) is -0.990. The fourth-order valence-corrected chi connectivity index (χ4v) is 0.478. The minimum atomic E-state index is -0.0278. The maximum absolute atomic E-state index is 5.52. The Kier molecular flexibility index (Phi) is 3.77. The SMILES string of the molecule is CCC(N)C(N)CN. The number of rotatable bonds is 3. The van der Waals surface area contributed by atoms with Gasteiger partial charge in [-0.1, -0.05) is 6.92 Å². The lowest BCUT2D eigenvalue weighted by Gasteiger charge is -2.14. The second-order valence-electron chi connectivity index (χ2n) is 1.97. The van der Waals surface area contributed by atoms with Crippen molar-refractivity contribution in [3.05, 3.63) is 0 Å². The van der Waals surface area contributed by atoms with Crippen molar-refractivity contribution in [3.63, 3.8) is 0 Å². The molecule has 0 aromatic rings. The van der Waals surface area contributed by atoms with E-state index in [9.17, 15) is 0 Å². The molecule has 50 valence electrons. The van der Waals surface area contributed by atoms with Crippen molar-refractivity contribution in [3.8, 4) is 0 Å². The Morgan fingerprint density at radius 1 is 1.25 bits per heavy atom. The molecule has 0 radical (unpaired) electrons. The molecule has 6 N–H and O–H groups in total. The van der Waals surface area contributed by atoms with Gasteiger partial charge in [0.05, 0.1) is 0 Å². The number of hydrogen-bond donors (Lipinski definition) is 3. The minimum Gasteiger partial charge on any atom is -0.329 e. The lowest BCUT2D eigenvalue weighted by molar-refractivity contribution is 0.519. The molecule has 3 nitrogen and oxygen atoms in total. The monoisotopic (exact) mass is 117 g/mol. The van der Waals surface area contributed by atoms with Crippen LogP contribution in [0.1, 0.15) is 13.3 Å². The molecule has 3 heteroatoms. The molecule has 2 atom stereocenters. The van der Waals surface area contributed by atoms with E-state index in [0.29, 0.717) is 6.54 Å². The van der Waals surface area contributed by atoms with Crippen molar-refractivity contribution >= 4 is 0 Å². The third kappa shape index (κ3) is 2.26. The highest BCUT2D eigenvalue weighted by atomic mass is 14.8. The molecule has 0 aliphatic heterocycles. The van der Waals surface area contributed by atoms with Gasteiger partial charge in [-0.05, 0) is 6.42 Å².